The van der Waals surface area contributed by atoms with Crippen LogP contribution in [0, 0.1) is 0 Å². The molecule has 0 unspecified atom stereocenters. The van der Waals surface area contributed by atoms with Gasteiger partial charge in [-0.2, -0.15) is 5.84 Å². The Kier molecular flexibility index (Phi) is 0.719. The predicted molar refractivity (Wildman–Crippen MR) is 22.5 cm³/mol. The molecule has 0 saturated carbocycles. The van der Waals surface area contributed by atoms with Crippen LogP contribution in [-0.2, 0) is 0 Å². The van der Waals surface area contributed by atoms with Gasteiger partial charge in [0.15, 0.2) is 11.5 Å². The maximum absolute atomic E-state index is 5.10. The Morgan fingerprint density at radius 1 is 1.83 bits per heavy atom. The number of nitrogens with two attached hydrogens (primary N) is 1. The molecule has 0 aliphatic rings. The van der Waals surface area contributed by atoms with Crippen molar-refractivity contribution < 1.29 is 4.18 Å². The van der Waals surface area contributed by atoms with Gasteiger partial charge in [0.1, 0.15) is 6.20 Å². The van der Waals surface area contributed by atoms with Crippen molar-refractivity contribution in [1.29, 1.82) is 0 Å². The molecule has 6 heavy (non-hydrogen) atoms. The summed E-state index contributed by atoms with van der Waals surface area (Å²) >= 11 is 1.36. The minimum absolute atomic E-state index is 1.29. The van der Waals surface area contributed by atoms with Crippen molar-refractivity contribution >= 4 is 11.5 Å². The van der Waals surface area contributed by atoms with Crippen molar-refractivity contribution in [2.45, 2.75) is 0 Å². The monoisotopic (exact) mass is 102 g/mol. The molecular formula is C2H4N3S+. The first-order valence-electron chi connectivity index (χ1n) is 1.47. The zero-order valence-electron chi connectivity index (χ0n) is 3.03. The normalized spacial score (nSPS) is 8.67. The topological polar surface area (TPSA) is 42.8 Å². The number of nitrogen functional groups attached to an aromatic ring is 1. The highest BCUT2D eigenvalue weighted by atomic mass is 32.1. The first kappa shape index (κ1) is 3.55. The van der Waals surface area contributed by atoms with Gasteiger partial charge in [0, 0.05) is 5.10 Å². The summed E-state index contributed by atoms with van der Waals surface area (Å²) in [6.07, 6.45) is 1.64. The van der Waals surface area contributed by atoms with Gasteiger partial charge < -0.3 is 0 Å². The fraction of sp³-hybridized carbons (Fsp3) is 0. The van der Waals surface area contributed by atoms with Gasteiger partial charge in [-0.1, -0.05) is 0 Å². The first-order valence-corrected chi connectivity index (χ1v) is 2.30. The third-order valence-corrected chi connectivity index (χ3v) is 0.964. The Balaban J connectivity index is 3.05. The van der Waals surface area contributed by atoms with Crippen LogP contribution >= 0.6 is 11.5 Å². The van der Waals surface area contributed by atoms with Gasteiger partial charge in [0.05, 0.1) is 9.56 Å². The van der Waals surface area contributed by atoms with Crippen molar-refractivity contribution in [3.8, 4) is 0 Å². The van der Waals surface area contributed by atoms with Crippen molar-refractivity contribution in [3.63, 3.8) is 0 Å². The summed E-state index contributed by atoms with van der Waals surface area (Å²) < 4.78 is 1.29. The van der Waals surface area contributed by atoms with E-state index in [1.165, 1.54) is 15.7 Å². The van der Waals surface area contributed by atoms with Crippen LogP contribution in [0.4, 0.5) is 0 Å². The molecule has 0 spiro atoms. The van der Waals surface area contributed by atoms with Gasteiger partial charge in [-0.25, -0.2) is 0 Å². The molecule has 0 saturated heterocycles. The standard InChI is InChI=1S/C2H4N3S/c3-5-4-1-2-6-5/h1-2H,(H2,3,4)/q+1. The summed E-state index contributed by atoms with van der Waals surface area (Å²) in [5, 5.41) is 5.44. The lowest BCUT2D eigenvalue weighted by Crippen LogP contribution is -2.42. The minimum Gasteiger partial charge on any atom is -0.167 e. The summed E-state index contributed by atoms with van der Waals surface area (Å²) in [5.41, 5.74) is 0. The van der Waals surface area contributed by atoms with E-state index in [1.807, 2.05) is 0 Å². The van der Waals surface area contributed by atoms with E-state index in [1.54, 1.807) is 11.6 Å². The SMILES string of the molecule is N[n+]1nccs1. The van der Waals surface area contributed by atoms with Crippen LogP contribution in [-0.4, -0.2) is 5.10 Å². The van der Waals surface area contributed by atoms with Gasteiger partial charge in [0.25, 0.3) is 0 Å². The molecule has 0 aliphatic carbocycles. The smallest absolute Gasteiger partial charge is 0.167 e. The van der Waals surface area contributed by atoms with Gasteiger partial charge in [-0.3, -0.25) is 0 Å². The number of nitrogens with zero attached hydrogens (tertiary/aromatic N) is 2. The van der Waals surface area contributed by atoms with E-state index < -0.39 is 0 Å². The van der Waals surface area contributed by atoms with Crippen LogP contribution in [0.15, 0.2) is 11.6 Å². The summed E-state index contributed by atoms with van der Waals surface area (Å²) in [4.78, 5) is 0. The van der Waals surface area contributed by atoms with Gasteiger partial charge in [-0.05, 0) is 0 Å². The molecule has 0 bridgehead atoms. The van der Waals surface area contributed by atoms with Crippen molar-refractivity contribution in [2.24, 2.45) is 0 Å². The summed E-state index contributed by atoms with van der Waals surface area (Å²) in [6.45, 7) is 0. The molecule has 0 atom stereocenters. The second-order valence-corrected chi connectivity index (χ2v) is 1.67. The zero-order chi connectivity index (χ0) is 4.41. The van der Waals surface area contributed by atoms with Gasteiger partial charge in [-0.15, -0.1) is 0 Å². The maximum Gasteiger partial charge on any atom is 0.197 e. The van der Waals surface area contributed by atoms with Crippen LogP contribution in [0.2, 0.25) is 0 Å². The number of rotatable bonds is 0. The lowest BCUT2D eigenvalue weighted by Gasteiger charge is -1.57. The van der Waals surface area contributed by atoms with Crippen LogP contribution in [0.25, 0.3) is 0 Å². The molecule has 1 aromatic heterocycles. The highest BCUT2D eigenvalue weighted by molar-refractivity contribution is 6.99. The van der Waals surface area contributed by atoms with Gasteiger partial charge >= 0.3 is 0 Å². The van der Waals surface area contributed by atoms with E-state index in [2.05, 4.69) is 5.10 Å². The Morgan fingerprint density at radius 2 is 2.67 bits per heavy atom. The highest BCUT2D eigenvalue weighted by Crippen LogP contribution is 1.74. The van der Waals surface area contributed by atoms with E-state index in [4.69, 9.17) is 5.84 Å². The molecule has 2 N–H and O–H groups in total. The fourth-order valence-electron chi connectivity index (χ4n) is 0.210. The maximum atomic E-state index is 5.10. The summed E-state index contributed by atoms with van der Waals surface area (Å²) in [5.74, 6) is 5.10. The summed E-state index contributed by atoms with van der Waals surface area (Å²) in [6, 6.07) is 0. The Bertz CT molecular complexity index is 112. The quantitative estimate of drug-likeness (QED) is 0.342. The molecular weight excluding hydrogens is 98.1 g/mol. The first-order chi connectivity index (χ1) is 2.89. The van der Waals surface area contributed by atoms with Crippen LogP contribution in [0.5, 0.6) is 0 Å². The highest BCUT2D eigenvalue weighted by Gasteiger charge is 1.87. The molecule has 1 heterocycles. The Hall–Kier alpha value is -0.640. The summed E-state index contributed by atoms with van der Waals surface area (Å²) in [7, 11) is 0. The number of hydrogen-bond acceptors (Lipinski definition) is 3. The van der Waals surface area contributed by atoms with Crippen molar-refractivity contribution in [3.05, 3.63) is 11.6 Å². The van der Waals surface area contributed by atoms with Crippen molar-refractivity contribution in [1.82, 2.24) is 5.10 Å². The third kappa shape index (κ3) is 0.463. The van der Waals surface area contributed by atoms with Crippen molar-refractivity contribution in [2.75, 3.05) is 5.84 Å². The number of aromatic nitrogens is 2. The fourth-order valence-corrected chi connectivity index (χ4v) is 0.552. The van der Waals surface area contributed by atoms with E-state index in [9.17, 15) is 0 Å². The van der Waals surface area contributed by atoms with Crippen LogP contribution < -0.4 is 10.0 Å². The molecule has 0 aliphatic heterocycles. The molecule has 0 radical (unpaired) electrons. The molecule has 0 fully saturated rings. The third-order valence-electron chi connectivity index (χ3n) is 0.410. The molecule has 0 amide bonds. The van der Waals surface area contributed by atoms with E-state index in [0.29, 0.717) is 0 Å². The molecule has 0 aromatic carbocycles. The Labute approximate surface area is 39.1 Å². The van der Waals surface area contributed by atoms with Gasteiger partial charge in [0.2, 0.25) is 0 Å². The van der Waals surface area contributed by atoms with Crippen LogP contribution in [0.3, 0.4) is 0 Å². The lowest BCUT2D eigenvalue weighted by atomic mass is 11.1. The second kappa shape index (κ2) is 1.22. The predicted octanol–water partition coefficient (Wildman–Crippen LogP) is -0.856. The molecule has 1 aromatic rings. The minimum atomic E-state index is 1.29. The Morgan fingerprint density at radius 3 is 2.83 bits per heavy atom. The van der Waals surface area contributed by atoms with E-state index in [0.717, 1.165) is 0 Å². The van der Waals surface area contributed by atoms with E-state index in [-0.39, 0.29) is 0 Å². The average Bonchev–Trinajstić information content (AvgIpc) is 1.86. The largest absolute Gasteiger partial charge is 0.197 e. The molecule has 1 rings (SSSR count). The average molecular weight is 102 g/mol. The molecule has 3 nitrogen and oxygen atoms in total. The second-order valence-electron chi connectivity index (χ2n) is 0.809. The lowest BCUT2D eigenvalue weighted by molar-refractivity contribution is -0.630. The zero-order valence-corrected chi connectivity index (χ0v) is 3.85. The molecule has 4 heteroatoms. The molecule has 32 valence electrons. The number of hydrogen-bond donors (Lipinski definition) is 1. The van der Waals surface area contributed by atoms with Crippen LogP contribution in [0.1, 0.15) is 0 Å². The van der Waals surface area contributed by atoms with E-state index >= 15 is 0 Å².